The van der Waals surface area contributed by atoms with Crippen molar-refractivity contribution < 1.29 is 13.9 Å². The highest BCUT2D eigenvalue weighted by Gasteiger charge is 2.27. The van der Waals surface area contributed by atoms with Gasteiger partial charge in [-0.25, -0.2) is 14.4 Å². The van der Waals surface area contributed by atoms with Gasteiger partial charge in [-0.05, 0) is 37.1 Å². The predicted molar refractivity (Wildman–Crippen MR) is 101 cm³/mol. The van der Waals surface area contributed by atoms with Crippen LogP contribution in [-0.4, -0.2) is 55.1 Å². The van der Waals surface area contributed by atoms with Crippen LogP contribution < -0.4 is 9.80 Å². The van der Waals surface area contributed by atoms with Crippen LogP contribution in [0.2, 0.25) is 0 Å². The summed E-state index contributed by atoms with van der Waals surface area (Å²) in [5.74, 6) is 1.59. The summed E-state index contributed by atoms with van der Waals surface area (Å²) in [5.41, 5.74) is 0.589. The van der Waals surface area contributed by atoms with Crippen molar-refractivity contribution in [1.82, 2.24) is 9.97 Å². The standard InChI is InChI=1S/C20H23FN4O2/c21-17-3-1-15(2-4-17)20(26)16-5-7-24(8-6-16)18-13-19(23-14-22-18)25-9-11-27-12-10-25/h1-4,13-14,16H,5-12H2. The molecule has 2 aromatic rings. The highest BCUT2D eigenvalue weighted by molar-refractivity contribution is 5.97. The van der Waals surface area contributed by atoms with Crippen LogP contribution in [0.3, 0.4) is 0 Å². The summed E-state index contributed by atoms with van der Waals surface area (Å²) in [4.78, 5) is 25.9. The molecule has 1 aromatic carbocycles. The van der Waals surface area contributed by atoms with Crippen LogP contribution in [0.25, 0.3) is 0 Å². The van der Waals surface area contributed by atoms with Gasteiger partial charge in [-0.2, -0.15) is 0 Å². The molecular weight excluding hydrogens is 347 g/mol. The van der Waals surface area contributed by atoms with E-state index in [1.54, 1.807) is 18.5 Å². The molecule has 0 amide bonds. The molecule has 0 atom stereocenters. The summed E-state index contributed by atoms with van der Waals surface area (Å²) in [6, 6.07) is 7.85. The molecule has 1 aromatic heterocycles. The number of piperidine rings is 1. The number of rotatable bonds is 4. The van der Waals surface area contributed by atoms with Gasteiger partial charge in [0.05, 0.1) is 13.2 Å². The zero-order chi connectivity index (χ0) is 18.6. The fraction of sp³-hybridized carbons (Fsp3) is 0.450. The van der Waals surface area contributed by atoms with Crippen LogP contribution in [0.5, 0.6) is 0 Å². The van der Waals surface area contributed by atoms with Crippen molar-refractivity contribution in [3.8, 4) is 0 Å². The lowest BCUT2D eigenvalue weighted by atomic mass is 9.89. The SMILES string of the molecule is O=C(c1ccc(F)cc1)C1CCN(c2cc(N3CCOCC3)ncn2)CC1. The molecule has 0 radical (unpaired) electrons. The van der Waals surface area contributed by atoms with Gasteiger partial charge in [0.2, 0.25) is 0 Å². The number of anilines is 2. The number of benzene rings is 1. The summed E-state index contributed by atoms with van der Waals surface area (Å²) in [5, 5.41) is 0. The molecule has 4 rings (SSSR count). The van der Waals surface area contributed by atoms with Crippen molar-refractivity contribution in [2.24, 2.45) is 5.92 Å². The van der Waals surface area contributed by atoms with Gasteiger partial charge in [-0.1, -0.05) is 0 Å². The smallest absolute Gasteiger partial charge is 0.166 e. The zero-order valence-corrected chi connectivity index (χ0v) is 15.2. The third kappa shape index (κ3) is 4.08. The van der Waals surface area contributed by atoms with E-state index in [2.05, 4.69) is 19.8 Å². The fourth-order valence-corrected chi connectivity index (χ4v) is 3.70. The van der Waals surface area contributed by atoms with E-state index in [0.717, 1.165) is 63.9 Å². The summed E-state index contributed by atoms with van der Waals surface area (Å²) in [6.07, 6.45) is 3.15. The number of Topliss-reactive ketones (excluding diaryl/α,β-unsaturated/α-hetero) is 1. The maximum atomic E-state index is 13.1. The zero-order valence-electron chi connectivity index (χ0n) is 15.2. The van der Waals surface area contributed by atoms with E-state index in [1.165, 1.54) is 12.1 Å². The number of hydrogen-bond donors (Lipinski definition) is 0. The molecule has 142 valence electrons. The highest BCUT2D eigenvalue weighted by Crippen LogP contribution is 2.26. The van der Waals surface area contributed by atoms with E-state index in [0.29, 0.717) is 5.56 Å². The molecule has 7 heteroatoms. The van der Waals surface area contributed by atoms with E-state index in [-0.39, 0.29) is 17.5 Å². The molecule has 2 saturated heterocycles. The number of ketones is 1. The monoisotopic (exact) mass is 370 g/mol. The lowest BCUT2D eigenvalue weighted by Gasteiger charge is -2.33. The normalized spacial score (nSPS) is 18.6. The topological polar surface area (TPSA) is 58.6 Å². The van der Waals surface area contributed by atoms with Crippen molar-refractivity contribution in [3.63, 3.8) is 0 Å². The largest absolute Gasteiger partial charge is 0.378 e. The molecule has 2 aliphatic rings. The van der Waals surface area contributed by atoms with E-state index in [1.807, 2.05) is 6.07 Å². The molecule has 0 N–H and O–H groups in total. The van der Waals surface area contributed by atoms with Gasteiger partial charge in [0.25, 0.3) is 0 Å². The number of carbonyl (C=O) groups excluding carboxylic acids is 1. The summed E-state index contributed by atoms with van der Waals surface area (Å²) in [6.45, 7) is 4.66. The Balaban J connectivity index is 1.39. The van der Waals surface area contributed by atoms with Gasteiger partial charge in [0, 0.05) is 43.7 Å². The van der Waals surface area contributed by atoms with E-state index >= 15 is 0 Å². The Kier molecular flexibility index (Phi) is 5.29. The van der Waals surface area contributed by atoms with Gasteiger partial charge in [0.1, 0.15) is 23.8 Å². The molecule has 6 nitrogen and oxygen atoms in total. The summed E-state index contributed by atoms with van der Waals surface area (Å²) >= 11 is 0. The molecule has 2 aliphatic heterocycles. The Bertz CT molecular complexity index is 785. The minimum Gasteiger partial charge on any atom is -0.378 e. The molecule has 0 aliphatic carbocycles. The second-order valence-electron chi connectivity index (χ2n) is 6.97. The predicted octanol–water partition coefficient (Wildman–Crippen LogP) is 2.55. The van der Waals surface area contributed by atoms with Crippen LogP contribution in [0.4, 0.5) is 16.0 Å². The Morgan fingerprint density at radius 2 is 1.56 bits per heavy atom. The molecule has 2 fully saturated rings. The lowest BCUT2D eigenvalue weighted by Crippen LogP contribution is -2.38. The van der Waals surface area contributed by atoms with Gasteiger partial charge in [-0.15, -0.1) is 0 Å². The number of ether oxygens (including phenoxy) is 1. The Labute approximate surface area is 158 Å². The van der Waals surface area contributed by atoms with E-state index in [9.17, 15) is 9.18 Å². The van der Waals surface area contributed by atoms with Gasteiger partial charge >= 0.3 is 0 Å². The number of hydrogen-bond acceptors (Lipinski definition) is 6. The van der Waals surface area contributed by atoms with E-state index < -0.39 is 0 Å². The Morgan fingerprint density at radius 1 is 0.963 bits per heavy atom. The van der Waals surface area contributed by atoms with Crippen molar-refractivity contribution in [2.45, 2.75) is 12.8 Å². The summed E-state index contributed by atoms with van der Waals surface area (Å²) in [7, 11) is 0. The van der Waals surface area contributed by atoms with Crippen molar-refractivity contribution >= 4 is 17.4 Å². The first-order valence-electron chi connectivity index (χ1n) is 9.40. The van der Waals surface area contributed by atoms with Gasteiger partial charge < -0.3 is 14.5 Å². The quantitative estimate of drug-likeness (QED) is 0.771. The maximum absolute atomic E-state index is 13.1. The molecule has 0 spiro atoms. The highest BCUT2D eigenvalue weighted by atomic mass is 19.1. The molecular formula is C20H23FN4O2. The number of halogens is 1. The van der Waals surface area contributed by atoms with Crippen LogP contribution in [0, 0.1) is 11.7 Å². The molecule has 0 saturated carbocycles. The third-order valence-electron chi connectivity index (χ3n) is 5.29. The second kappa shape index (κ2) is 8.00. The molecule has 27 heavy (non-hydrogen) atoms. The average molecular weight is 370 g/mol. The minimum atomic E-state index is -0.318. The lowest BCUT2D eigenvalue weighted by molar-refractivity contribution is 0.0900. The van der Waals surface area contributed by atoms with Crippen molar-refractivity contribution in [1.29, 1.82) is 0 Å². The van der Waals surface area contributed by atoms with Crippen molar-refractivity contribution in [2.75, 3.05) is 49.2 Å². The number of aromatic nitrogens is 2. The number of carbonyl (C=O) groups is 1. The molecule has 0 bridgehead atoms. The van der Waals surface area contributed by atoms with Crippen LogP contribution >= 0.6 is 0 Å². The average Bonchev–Trinajstić information content (AvgIpc) is 2.75. The van der Waals surface area contributed by atoms with Gasteiger partial charge in [-0.3, -0.25) is 4.79 Å². The first-order valence-corrected chi connectivity index (χ1v) is 9.40. The maximum Gasteiger partial charge on any atom is 0.166 e. The minimum absolute atomic E-state index is 0.0211. The first kappa shape index (κ1) is 17.9. The van der Waals surface area contributed by atoms with Crippen LogP contribution in [0.15, 0.2) is 36.7 Å². The van der Waals surface area contributed by atoms with Crippen LogP contribution in [0.1, 0.15) is 23.2 Å². The third-order valence-corrected chi connectivity index (χ3v) is 5.29. The van der Waals surface area contributed by atoms with Crippen molar-refractivity contribution in [3.05, 3.63) is 48.0 Å². The first-order chi connectivity index (χ1) is 13.2. The molecule has 3 heterocycles. The second-order valence-corrected chi connectivity index (χ2v) is 6.97. The van der Waals surface area contributed by atoms with Gasteiger partial charge in [0.15, 0.2) is 5.78 Å². The summed E-state index contributed by atoms with van der Waals surface area (Å²) < 4.78 is 18.5. The fourth-order valence-electron chi connectivity index (χ4n) is 3.70. The number of morpholine rings is 1. The number of nitrogens with zero attached hydrogens (tertiary/aromatic N) is 4. The Hall–Kier alpha value is -2.54. The van der Waals surface area contributed by atoms with Crippen LogP contribution in [-0.2, 0) is 4.74 Å². The Morgan fingerprint density at radius 3 is 2.19 bits per heavy atom. The van der Waals surface area contributed by atoms with E-state index in [4.69, 9.17) is 4.74 Å². The molecule has 0 unspecified atom stereocenters.